The van der Waals surface area contributed by atoms with Gasteiger partial charge in [0.2, 0.25) is 0 Å². The van der Waals surface area contributed by atoms with Crippen molar-refractivity contribution in [1.82, 2.24) is 25.4 Å². The zero-order valence-corrected chi connectivity index (χ0v) is 19.7. The van der Waals surface area contributed by atoms with Crippen molar-refractivity contribution in [3.8, 4) is 0 Å². The molecule has 1 saturated heterocycles. The van der Waals surface area contributed by atoms with Crippen molar-refractivity contribution in [2.24, 2.45) is 4.99 Å². The highest BCUT2D eigenvalue weighted by Gasteiger charge is 2.29. The minimum atomic E-state index is 0.134. The van der Waals surface area contributed by atoms with E-state index in [9.17, 15) is 0 Å². The summed E-state index contributed by atoms with van der Waals surface area (Å²) < 4.78 is 0. The van der Waals surface area contributed by atoms with Crippen molar-refractivity contribution in [2.75, 3.05) is 39.8 Å². The Hall–Kier alpha value is -2.60. The Morgan fingerprint density at radius 2 is 1.88 bits per heavy atom. The SMILES string of the molecule is C=C(CCCCCCNC(=C)N1CCN(C(C2=CCCC=N2)c2ccccn2)CC1)NC. The van der Waals surface area contributed by atoms with Gasteiger partial charge in [-0.15, -0.1) is 0 Å². The van der Waals surface area contributed by atoms with Crippen LogP contribution in [0.4, 0.5) is 0 Å². The van der Waals surface area contributed by atoms with E-state index in [1.807, 2.05) is 25.5 Å². The molecule has 1 fully saturated rings. The maximum absolute atomic E-state index is 4.72. The Morgan fingerprint density at radius 3 is 2.56 bits per heavy atom. The second-order valence-electron chi connectivity index (χ2n) is 8.59. The van der Waals surface area contributed by atoms with E-state index >= 15 is 0 Å². The molecule has 0 saturated carbocycles. The van der Waals surface area contributed by atoms with E-state index in [2.05, 4.69) is 56.8 Å². The second kappa shape index (κ2) is 13.1. The first-order chi connectivity index (χ1) is 15.7. The van der Waals surface area contributed by atoms with Crippen LogP contribution < -0.4 is 10.6 Å². The lowest BCUT2D eigenvalue weighted by Crippen LogP contribution is -2.49. The van der Waals surface area contributed by atoms with E-state index in [4.69, 9.17) is 4.99 Å². The van der Waals surface area contributed by atoms with Gasteiger partial charge in [0, 0.05) is 57.9 Å². The van der Waals surface area contributed by atoms with Crippen molar-refractivity contribution < 1.29 is 0 Å². The molecule has 3 rings (SSSR count). The molecule has 0 aliphatic carbocycles. The molecule has 6 nitrogen and oxygen atoms in total. The fourth-order valence-electron chi connectivity index (χ4n) is 4.31. The average Bonchev–Trinajstić information content (AvgIpc) is 2.85. The summed E-state index contributed by atoms with van der Waals surface area (Å²) in [7, 11) is 1.94. The molecule has 2 N–H and O–H groups in total. The Kier molecular flexibility index (Phi) is 9.82. The van der Waals surface area contributed by atoms with Gasteiger partial charge in [-0.25, -0.2) is 0 Å². The number of rotatable bonds is 13. The van der Waals surface area contributed by atoms with Crippen LogP contribution in [0.15, 0.2) is 65.8 Å². The predicted molar refractivity (Wildman–Crippen MR) is 134 cm³/mol. The van der Waals surface area contributed by atoms with E-state index in [1.165, 1.54) is 25.7 Å². The third kappa shape index (κ3) is 7.23. The quantitative estimate of drug-likeness (QED) is 0.453. The zero-order valence-electron chi connectivity index (χ0n) is 19.7. The first-order valence-electron chi connectivity index (χ1n) is 12.1. The summed E-state index contributed by atoms with van der Waals surface area (Å²) in [4.78, 5) is 14.3. The van der Waals surface area contributed by atoms with Gasteiger partial charge in [0.1, 0.15) is 0 Å². The largest absolute Gasteiger partial charge is 0.392 e. The molecular formula is C26H40N6. The Morgan fingerprint density at radius 1 is 1.06 bits per heavy atom. The molecule has 0 bridgehead atoms. The van der Waals surface area contributed by atoms with Crippen molar-refractivity contribution >= 4 is 6.21 Å². The molecule has 3 heterocycles. The third-order valence-electron chi connectivity index (χ3n) is 6.29. The first-order valence-corrected chi connectivity index (χ1v) is 12.1. The molecule has 0 spiro atoms. The van der Waals surface area contributed by atoms with Gasteiger partial charge in [-0.2, -0.15) is 0 Å². The molecule has 1 atom stereocenters. The third-order valence-corrected chi connectivity index (χ3v) is 6.29. The van der Waals surface area contributed by atoms with Crippen LogP contribution in [0.5, 0.6) is 0 Å². The molecule has 0 radical (unpaired) electrons. The van der Waals surface area contributed by atoms with Crippen LogP contribution in [0, 0.1) is 0 Å². The number of piperazine rings is 1. The van der Waals surface area contributed by atoms with Crippen LogP contribution in [0.2, 0.25) is 0 Å². The minimum absolute atomic E-state index is 0.134. The molecule has 1 aromatic rings. The smallest absolute Gasteiger partial charge is 0.0947 e. The average molecular weight is 437 g/mol. The van der Waals surface area contributed by atoms with Gasteiger partial charge in [-0.3, -0.25) is 14.9 Å². The van der Waals surface area contributed by atoms with E-state index in [0.717, 1.165) is 74.9 Å². The highest BCUT2D eigenvalue weighted by molar-refractivity contribution is 5.61. The van der Waals surface area contributed by atoms with Crippen molar-refractivity contribution in [1.29, 1.82) is 0 Å². The Labute approximate surface area is 194 Å². The lowest BCUT2D eigenvalue weighted by Gasteiger charge is -2.41. The molecule has 1 unspecified atom stereocenters. The fourth-order valence-corrected chi connectivity index (χ4v) is 4.31. The minimum Gasteiger partial charge on any atom is -0.392 e. The van der Waals surface area contributed by atoms with Crippen LogP contribution in [-0.2, 0) is 0 Å². The highest BCUT2D eigenvalue weighted by Crippen LogP contribution is 2.31. The summed E-state index contributed by atoms with van der Waals surface area (Å²) in [6.07, 6.45) is 14.3. The van der Waals surface area contributed by atoms with Crippen LogP contribution in [0.3, 0.4) is 0 Å². The topological polar surface area (TPSA) is 55.8 Å². The van der Waals surface area contributed by atoms with Gasteiger partial charge in [-0.05, 0) is 44.2 Å². The maximum atomic E-state index is 4.72. The lowest BCUT2D eigenvalue weighted by molar-refractivity contribution is 0.122. The van der Waals surface area contributed by atoms with E-state index in [-0.39, 0.29) is 6.04 Å². The predicted octanol–water partition coefficient (Wildman–Crippen LogP) is 4.23. The molecule has 2 aliphatic rings. The monoisotopic (exact) mass is 436 g/mol. The number of unbranched alkanes of at least 4 members (excludes halogenated alkanes) is 3. The lowest BCUT2D eigenvalue weighted by atomic mass is 10.0. The van der Waals surface area contributed by atoms with Crippen molar-refractivity contribution in [3.63, 3.8) is 0 Å². The summed E-state index contributed by atoms with van der Waals surface area (Å²) in [5.41, 5.74) is 3.35. The van der Waals surface area contributed by atoms with Crippen LogP contribution in [0.25, 0.3) is 0 Å². The molecule has 32 heavy (non-hydrogen) atoms. The van der Waals surface area contributed by atoms with Gasteiger partial charge in [0.05, 0.1) is 23.3 Å². The zero-order chi connectivity index (χ0) is 22.6. The maximum Gasteiger partial charge on any atom is 0.0947 e. The molecule has 1 aromatic heterocycles. The molecule has 174 valence electrons. The molecule has 6 heteroatoms. The number of aromatic nitrogens is 1. The highest BCUT2D eigenvalue weighted by atomic mass is 15.3. The summed E-state index contributed by atoms with van der Waals surface area (Å²) >= 11 is 0. The number of allylic oxidation sites excluding steroid dienone is 2. The summed E-state index contributed by atoms with van der Waals surface area (Å²) in [6.45, 7) is 13.2. The van der Waals surface area contributed by atoms with Gasteiger partial charge >= 0.3 is 0 Å². The summed E-state index contributed by atoms with van der Waals surface area (Å²) in [6, 6.07) is 6.31. The number of aliphatic imine (C=N–C) groups is 1. The van der Waals surface area contributed by atoms with Crippen LogP contribution in [0.1, 0.15) is 56.7 Å². The first kappa shape index (κ1) is 24.1. The standard InChI is InChI=1S/C26H40N6/c1-22(27-3)12-6-4-5-9-15-28-23(2)31-18-20-32(21-19-31)26(24-13-7-10-16-29-24)25-14-8-11-17-30-25/h7,10,13-14,16-17,26-28H,1-2,4-6,8-9,11-12,15,18-21H2,3H3. The van der Waals surface area contributed by atoms with Gasteiger partial charge < -0.3 is 15.5 Å². The van der Waals surface area contributed by atoms with Crippen LogP contribution in [-0.4, -0.2) is 60.8 Å². The number of hydrogen-bond donors (Lipinski definition) is 2. The Balaban J connectivity index is 1.42. The fraction of sp³-hybridized carbons (Fsp3) is 0.538. The van der Waals surface area contributed by atoms with E-state index in [0.29, 0.717) is 0 Å². The van der Waals surface area contributed by atoms with Crippen molar-refractivity contribution in [2.45, 2.75) is 51.0 Å². The number of nitrogens with zero attached hydrogens (tertiary/aromatic N) is 4. The van der Waals surface area contributed by atoms with Gasteiger partial charge in [0.15, 0.2) is 0 Å². The normalized spacial score (nSPS) is 17.5. The summed E-state index contributed by atoms with van der Waals surface area (Å²) in [5.74, 6) is 1.05. The van der Waals surface area contributed by atoms with Crippen molar-refractivity contribution in [3.05, 3.63) is 66.5 Å². The second-order valence-corrected chi connectivity index (χ2v) is 8.59. The summed E-state index contributed by atoms with van der Waals surface area (Å²) in [5, 5.41) is 6.65. The van der Waals surface area contributed by atoms with E-state index < -0.39 is 0 Å². The number of pyridine rings is 1. The number of nitrogens with one attached hydrogen (secondary N) is 2. The van der Waals surface area contributed by atoms with E-state index in [1.54, 1.807) is 0 Å². The Bertz CT molecular complexity index is 777. The number of hydrogen-bond acceptors (Lipinski definition) is 6. The molecule has 0 amide bonds. The molecular weight excluding hydrogens is 396 g/mol. The molecule has 2 aliphatic heterocycles. The van der Waals surface area contributed by atoms with Crippen LogP contribution >= 0.6 is 0 Å². The molecule has 0 aromatic carbocycles. The van der Waals surface area contributed by atoms with Gasteiger partial charge in [0.25, 0.3) is 0 Å². The van der Waals surface area contributed by atoms with Gasteiger partial charge in [-0.1, -0.05) is 38.1 Å².